The van der Waals surface area contributed by atoms with E-state index in [0.717, 1.165) is 0 Å². The molecule has 25 heavy (non-hydrogen) atoms. The van der Waals surface area contributed by atoms with Crippen LogP contribution in [-0.4, -0.2) is 22.8 Å². The van der Waals surface area contributed by atoms with Crippen molar-refractivity contribution in [1.29, 1.82) is 0 Å². The molecule has 134 valence electrons. The molecule has 6 heteroatoms. The largest absolute Gasteiger partial charge is 0.484 e. The van der Waals surface area contributed by atoms with E-state index in [-0.39, 0.29) is 11.5 Å². The van der Waals surface area contributed by atoms with Gasteiger partial charge in [-0.15, -0.1) is 0 Å². The molecule has 1 aliphatic rings. The van der Waals surface area contributed by atoms with Crippen LogP contribution in [0.25, 0.3) is 11.0 Å². The van der Waals surface area contributed by atoms with E-state index in [9.17, 15) is 14.7 Å². The smallest absolute Gasteiger partial charge is 0.336 e. The van der Waals surface area contributed by atoms with Gasteiger partial charge in [0.25, 0.3) is 0 Å². The van der Waals surface area contributed by atoms with Crippen molar-refractivity contribution in [2.75, 3.05) is 0 Å². The average Bonchev–Trinajstić information content (AvgIpc) is 2.57. The Bertz CT molecular complexity index is 866. The molecule has 2 aromatic rings. The quantitative estimate of drug-likeness (QED) is 0.679. The highest BCUT2D eigenvalue weighted by Crippen LogP contribution is 2.45. The number of hydrogen-bond acceptors (Lipinski definition) is 6. The first-order valence-electron chi connectivity index (χ1n) is 8.39. The number of hydrogen-bond donors (Lipinski definition) is 1. The van der Waals surface area contributed by atoms with Crippen molar-refractivity contribution < 1.29 is 23.8 Å². The number of rotatable bonds is 3. The average molecular weight is 346 g/mol. The minimum Gasteiger partial charge on any atom is -0.484 e. The predicted molar refractivity (Wildman–Crippen MR) is 91.5 cm³/mol. The van der Waals surface area contributed by atoms with Gasteiger partial charge in [0.1, 0.15) is 23.0 Å². The Balaban J connectivity index is 2.18. The highest BCUT2D eigenvalue weighted by atomic mass is 16.6. The summed E-state index contributed by atoms with van der Waals surface area (Å²) in [5.74, 6) is -0.284. The molecule has 1 aromatic heterocycles. The lowest BCUT2D eigenvalue weighted by molar-refractivity contribution is -0.174. The first-order valence-corrected chi connectivity index (χ1v) is 8.39. The third-order valence-corrected chi connectivity index (χ3v) is 4.70. The van der Waals surface area contributed by atoms with E-state index in [1.54, 1.807) is 39.0 Å². The fraction of sp³-hybridized carbons (Fsp3) is 0.474. The summed E-state index contributed by atoms with van der Waals surface area (Å²) >= 11 is 0. The van der Waals surface area contributed by atoms with Gasteiger partial charge in [-0.05, 0) is 38.5 Å². The van der Waals surface area contributed by atoms with Gasteiger partial charge in [-0.25, -0.2) is 4.79 Å². The number of carbonyl (C=O) groups excluding carboxylic acids is 1. The minimum absolute atomic E-state index is 0.265. The molecule has 1 N–H and O–H groups in total. The monoisotopic (exact) mass is 346 g/mol. The summed E-state index contributed by atoms with van der Waals surface area (Å²) in [7, 11) is 0. The second-order valence-electron chi connectivity index (χ2n) is 6.97. The molecule has 3 rings (SSSR count). The van der Waals surface area contributed by atoms with Crippen molar-refractivity contribution in [3.05, 3.63) is 40.2 Å². The highest BCUT2D eigenvalue weighted by molar-refractivity contribution is 5.83. The zero-order valence-electron chi connectivity index (χ0n) is 14.7. The van der Waals surface area contributed by atoms with E-state index in [2.05, 4.69) is 0 Å². The number of fused-ring (bicyclic) bond motifs is 3. The second-order valence-corrected chi connectivity index (χ2v) is 6.97. The molecule has 0 unspecified atom stereocenters. The van der Waals surface area contributed by atoms with E-state index < -0.39 is 29.4 Å². The highest BCUT2D eigenvalue weighted by Gasteiger charge is 2.46. The second kappa shape index (κ2) is 6.19. The zero-order chi connectivity index (χ0) is 18.4. The molecule has 0 radical (unpaired) electrons. The van der Waals surface area contributed by atoms with Crippen LogP contribution in [0.3, 0.4) is 0 Å². The predicted octanol–water partition coefficient (Wildman–Crippen LogP) is 2.96. The Morgan fingerprint density at radius 2 is 2.00 bits per heavy atom. The maximum atomic E-state index is 12.3. The summed E-state index contributed by atoms with van der Waals surface area (Å²) < 4.78 is 16.8. The normalized spacial score (nSPS) is 22.8. The number of ether oxygens (including phenoxy) is 2. The van der Waals surface area contributed by atoms with Crippen LogP contribution >= 0.6 is 0 Å². The van der Waals surface area contributed by atoms with Crippen molar-refractivity contribution in [3.8, 4) is 5.75 Å². The first-order chi connectivity index (χ1) is 11.7. The number of aliphatic hydroxyl groups is 1. The minimum atomic E-state index is -1.11. The van der Waals surface area contributed by atoms with Crippen LogP contribution in [0, 0.1) is 5.92 Å². The van der Waals surface area contributed by atoms with Gasteiger partial charge in [-0.2, -0.15) is 0 Å². The lowest BCUT2D eigenvalue weighted by Gasteiger charge is -2.41. The molecular formula is C19H22O6. The van der Waals surface area contributed by atoms with Gasteiger partial charge in [0.05, 0.1) is 11.5 Å². The Labute approximate surface area is 145 Å². The third kappa shape index (κ3) is 3.02. The fourth-order valence-corrected chi connectivity index (χ4v) is 2.89. The van der Waals surface area contributed by atoms with Crippen molar-refractivity contribution >= 4 is 16.9 Å². The molecule has 6 nitrogen and oxygen atoms in total. The van der Waals surface area contributed by atoms with E-state index in [1.807, 2.05) is 6.92 Å². The zero-order valence-corrected chi connectivity index (χ0v) is 14.7. The Hall–Kier alpha value is -2.34. The van der Waals surface area contributed by atoms with Gasteiger partial charge in [0.2, 0.25) is 0 Å². The summed E-state index contributed by atoms with van der Waals surface area (Å²) in [5.41, 5.74) is -0.830. The fourth-order valence-electron chi connectivity index (χ4n) is 2.89. The number of carbonyl (C=O) groups is 1. The summed E-state index contributed by atoms with van der Waals surface area (Å²) in [6.07, 6.45) is -1.46. The van der Waals surface area contributed by atoms with E-state index in [1.165, 1.54) is 6.07 Å². The summed E-state index contributed by atoms with van der Waals surface area (Å²) in [6.45, 7) is 7.09. The maximum Gasteiger partial charge on any atom is 0.336 e. The summed E-state index contributed by atoms with van der Waals surface area (Å²) in [6, 6.07) is 6.44. The van der Waals surface area contributed by atoms with Gasteiger partial charge in [-0.1, -0.05) is 13.8 Å². The first kappa shape index (κ1) is 17.5. The summed E-state index contributed by atoms with van der Waals surface area (Å²) in [4.78, 5) is 24.0. The molecule has 2 heterocycles. The molecule has 0 saturated heterocycles. The van der Waals surface area contributed by atoms with Gasteiger partial charge in [0.15, 0.2) is 6.10 Å². The molecule has 0 amide bonds. The van der Waals surface area contributed by atoms with Crippen LogP contribution in [0.5, 0.6) is 5.75 Å². The van der Waals surface area contributed by atoms with Crippen molar-refractivity contribution in [2.45, 2.75) is 51.9 Å². The van der Waals surface area contributed by atoms with Gasteiger partial charge in [0, 0.05) is 11.5 Å². The Kier molecular flexibility index (Phi) is 4.33. The van der Waals surface area contributed by atoms with Crippen molar-refractivity contribution in [2.24, 2.45) is 5.92 Å². The van der Waals surface area contributed by atoms with Gasteiger partial charge < -0.3 is 19.0 Å². The number of benzene rings is 1. The molecule has 0 fully saturated rings. The van der Waals surface area contributed by atoms with Crippen LogP contribution < -0.4 is 10.4 Å². The lowest BCUT2D eigenvalue weighted by atomic mass is 9.87. The molecular weight excluding hydrogens is 324 g/mol. The molecule has 0 spiro atoms. The molecule has 0 aliphatic carbocycles. The number of aliphatic hydroxyl groups excluding tert-OH is 1. The van der Waals surface area contributed by atoms with Crippen LogP contribution in [0.1, 0.15) is 45.8 Å². The molecule has 3 atom stereocenters. The Morgan fingerprint density at radius 3 is 2.68 bits per heavy atom. The van der Waals surface area contributed by atoms with Crippen molar-refractivity contribution in [3.63, 3.8) is 0 Å². The Morgan fingerprint density at radius 1 is 1.32 bits per heavy atom. The molecule has 1 aromatic carbocycles. The maximum absolute atomic E-state index is 12.3. The molecule has 1 aliphatic heterocycles. The topological polar surface area (TPSA) is 86.0 Å². The standard InChI is InChI=1S/C19H22O6/c1-5-10(2)18(22)24-16-14-12(25-19(3,4)17(16)21)8-6-11-7-9-13(20)23-15(11)14/h6-10,16-17,21H,5H2,1-4H3/t10-,16-,17+/m0/s1. The van der Waals surface area contributed by atoms with Crippen LogP contribution in [0.4, 0.5) is 0 Å². The third-order valence-electron chi connectivity index (χ3n) is 4.70. The molecule has 0 bridgehead atoms. The molecule has 0 saturated carbocycles. The SMILES string of the molecule is CC[C@H](C)C(=O)O[C@H]1c2c(ccc3ccc(=O)oc23)OC(C)(C)[C@@H]1O. The van der Waals surface area contributed by atoms with Crippen LogP contribution in [0.15, 0.2) is 33.5 Å². The van der Waals surface area contributed by atoms with E-state index in [4.69, 9.17) is 13.9 Å². The summed E-state index contributed by atoms with van der Waals surface area (Å²) in [5, 5.41) is 11.4. The van der Waals surface area contributed by atoms with E-state index in [0.29, 0.717) is 23.1 Å². The van der Waals surface area contributed by atoms with Gasteiger partial charge >= 0.3 is 11.6 Å². The van der Waals surface area contributed by atoms with Crippen LogP contribution in [-0.2, 0) is 9.53 Å². The van der Waals surface area contributed by atoms with Gasteiger partial charge in [-0.3, -0.25) is 4.79 Å². The lowest BCUT2D eigenvalue weighted by Crippen LogP contribution is -2.50. The number of esters is 1. The van der Waals surface area contributed by atoms with Crippen LogP contribution in [0.2, 0.25) is 0 Å². The van der Waals surface area contributed by atoms with Crippen molar-refractivity contribution in [1.82, 2.24) is 0 Å². The van der Waals surface area contributed by atoms with E-state index >= 15 is 0 Å².